The van der Waals surface area contributed by atoms with Crippen LogP contribution >= 0.6 is 0 Å². The molecule has 1 aromatic carbocycles. The summed E-state index contributed by atoms with van der Waals surface area (Å²) in [5, 5.41) is 3.33. The summed E-state index contributed by atoms with van der Waals surface area (Å²) < 4.78 is 5.26. The van der Waals surface area contributed by atoms with Crippen molar-refractivity contribution in [3.63, 3.8) is 0 Å². The largest absolute Gasteiger partial charge is 0.496 e. The maximum absolute atomic E-state index is 5.26. The van der Waals surface area contributed by atoms with Crippen molar-refractivity contribution < 1.29 is 4.74 Å². The van der Waals surface area contributed by atoms with E-state index in [0.717, 1.165) is 25.3 Å². The van der Waals surface area contributed by atoms with E-state index in [-0.39, 0.29) is 0 Å². The monoisotopic (exact) mass is 205 g/mol. The minimum atomic E-state index is 0.459. The molecule has 1 aromatic rings. The fourth-order valence-corrected chi connectivity index (χ4v) is 2.22. The molecule has 1 fully saturated rings. The van der Waals surface area contributed by atoms with E-state index >= 15 is 0 Å². The molecule has 0 saturated carbocycles. The van der Waals surface area contributed by atoms with Crippen LogP contribution in [0.2, 0.25) is 0 Å². The number of hydrogen-bond acceptors (Lipinski definition) is 2. The van der Waals surface area contributed by atoms with Crippen LogP contribution in [-0.4, -0.2) is 20.2 Å². The van der Waals surface area contributed by atoms with Crippen molar-refractivity contribution in [2.45, 2.75) is 20.3 Å². The normalized spacial score (nSPS) is 18.3. The molecule has 0 atom stereocenters. The lowest BCUT2D eigenvalue weighted by molar-refractivity contribution is 0.195. The Balaban J connectivity index is 2.12. The third-order valence-corrected chi connectivity index (χ3v) is 3.19. The summed E-state index contributed by atoms with van der Waals surface area (Å²) in [6.07, 6.45) is 1.16. The van der Waals surface area contributed by atoms with Crippen LogP contribution in [-0.2, 0) is 6.42 Å². The van der Waals surface area contributed by atoms with Gasteiger partial charge in [-0.15, -0.1) is 0 Å². The quantitative estimate of drug-likeness (QED) is 0.816. The van der Waals surface area contributed by atoms with Gasteiger partial charge in [0.05, 0.1) is 7.11 Å². The lowest BCUT2D eigenvalue weighted by Crippen LogP contribution is -2.52. The van der Waals surface area contributed by atoms with Crippen LogP contribution in [0.3, 0.4) is 0 Å². The Labute approximate surface area is 91.6 Å². The molecule has 0 aromatic heterocycles. The maximum Gasteiger partial charge on any atom is 0.121 e. The Morgan fingerprint density at radius 2 is 2.13 bits per heavy atom. The molecular formula is C13H19NO. The molecule has 0 spiro atoms. The van der Waals surface area contributed by atoms with Gasteiger partial charge in [-0.3, -0.25) is 0 Å². The predicted octanol–water partition coefficient (Wildman–Crippen LogP) is 2.16. The SMILES string of the molecule is COc1ccc(CC2(C)CNC2)cc1C. The van der Waals surface area contributed by atoms with Gasteiger partial charge in [-0.2, -0.15) is 0 Å². The lowest BCUT2D eigenvalue weighted by Gasteiger charge is -2.39. The predicted molar refractivity (Wildman–Crippen MR) is 62.4 cm³/mol. The average molecular weight is 205 g/mol. The van der Waals surface area contributed by atoms with Gasteiger partial charge in [0.25, 0.3) is 0 Å². The summed E-state index contributed by atoms with van der Waals surface area (Å²) in [6.45, 7) is 6.71. The van der Waals surface area contributed by atoms with Gasteiger partial charge in [-0.1, -0.05) is 19.1 Å². The highest BCUT2D eigenvalue weighted by Crippen LogP contribution is 2.28. The number of aryl methyl sites for hydroxylation is 1. The van der Waals surface area contributed by atoms with Crippen LogP contribution in [0, 0.1) is 12.3 Å². The zero-order valence-electron chi connectivity index (χ0n) is 9.76. The Morgan fingerprint density at radius 3 is 2.60 bits per heavy atom. The van der Waals surface area contributed by atoms with Crippen molar-refractivity contribution in [3.8, 4) is 5.75 Å². The molecule has 1 N–H and O–H groups in total. The molecule has 1 aliphatic heterocycles. The fraction of sp³-hybridized carbons (Fsp3) is 0.538. The molecular weight excluding hydrogens is 186 g/mol. The Kier molecular flexibility index (Phi) is 2.70. The lowest BCUT2D eigenvalue weighted by atomic mass is 9.78. The Morgan fingerprint density at radius 1 is 1.40 bits per heavy atom. The topological polar surface area (TPSA) is 21.3 Å². The minimum Gasteiger partial charge on any atom is -0.496 e. The highest BCUT2D eigenvalue weighted by atomic mass is 16.5. The molecule has 0 unspecified atom stereocenters. The highest BCUT2D eigenvalue weighted by Gasteiger charge is 2.31. The van der Waals surface area contributed by atoms with E-state index in [2.05, 4.69) is 37.4 Å². The van der Waals surface area contributed by atoms with Crippen molar-refractivity contribution in [2.24, 2.45) is 5.41 Å². The summed E-state index contributed by atoms with van der Waals surface area (Å²) in [5.74, 6) is 0.982. The smallest absolute Gasteiger partial charge is 0.121 e. The van der Waals surface area contributed by atoms with Gasteiger partial charge in [0.2, 0.25) is 0 Å². The molecule has 2 rings (SSSR count). The van der Waals surface area contributed by atoms with Gasteiger partial charge in [-0.05, 0) is 36.0 Å². The third-order valence-electron chi connectivity index (χ3n) is 3.19. The molecule has 0 amide bonds. The maximum atomic E-state index is 5.26. The van der Waals surface area contributed by atoms with Crippen molar-refractivity contribution in [2.75, 3.05) is 20.2 Å². The van der Waals surface area contributed by atoms with E-state index in [1.165, 1.54) is 11.1 Å². The van der Waals surface area contributed by atoms with Crippen LogP contribution in [0.4, 0.5) is 0 Å². The summed E-state index contributed by atoms with van der Waals surface area (Å²) >= 11 is 0. The molecule has 1 aliphatic rings. The zero-order chi connectivity index (χ0) is 10.9. The van der Waals surface area contributed by atoms with E-state index in [1.807, 2.05) is 0 Å². The van der Waals surface area contributed by atoms with Gasteiger partial charge in [0.1, 0.15) is 5.75 Å². The number of hydrogen-bond donors (Lipinski definition) is 1. The average Bonchev–Trinajstić information content (AvgIpc) is 2.16. The second kappa shape index (κ2) is 3.86. The van der Waals surface area contributed by atoms with E-state index in [9.17, 15) is 0 Å². The first-order valence-corrected chi connectivity index (χ1v) is 5.47. The van der Waals surface area contributed by atoms with Gasteiger partial charge in [0.15, 0.2) is 0 Å². The number of rotatable bonds is 3. The van der Waals surface area contributed by atoms with Gasteiger partial charge in [-0.25, -0.2) is 0 Å². The minimum absolute atomic E-state index is 0.459. The molecule has 15 heavy (non-hydrogen) atoms. The van der Waals surface area contributed by atoms with E-state index in [0.29, 0.717) is 5.41 Å². The number of methoxy groups -OCH3 is 1. The van der Waals surface area contributed by atoms with E-state index in [4.69, 9.17) is 4.74 Å². The van der Waals surface area contributed by atoms with E-state index < -0.39 is 0 Å². The van der Waals surface area contributed by atoms with Crippen LogP contribution in [0.15, 0.2) is 18.2 Å². The van der Waals surface area contributed by atoms with Crippen molar-refractivity contribution in [1.82, 2.24) is 5.32 Å². The van der Waals surface area contributed by atoms with Crippen LogP contribution < -0.4 is 10.1 Å². The summed E-state index contributed by atoms with van der Waals surface area (Å²) in [7, 11) is 1.72. The zero-order valence-corrected chi connectivity index (χ0v) is 9.76. The van der Waals surface area contributed by atoms with Crippen molar-refractivity contribution in [1.29, 1.82) is 0 Å². The molecule has 2 heteroatoms. The fourth-order valence-electron chi connectivity index (χ4n) is 2.22. The first-order valence-electron chi connectivity index (χ1n) is 5.47. The first-order chi connectivity index (χ1) is 7.13. The summed E-state index contributed by atoms with van der Waals surface area (Å²) in [4.78, 5) is 0. The number of ether oxygens (including phenoxy) is 1. The first kappa shape index (κ1) is 10.5. The molecule has 1 heterocycles. The second-order valence-corrected chi connectivity index (χ2v) is 4.89. The van der Waals surface area contributed by atoms with E-state index in [1.54, 1.807) is 7.11 Å². The summed E-state index contributed by atoms with van der Waals surface area (Å²) in [5.41, 5.74) is 3.10. The highest BCUT2D eigenvalue weighted by molar-refractivity contribution is 5.36. The van der Waals surface area contributed by atoms with Crippen LogP contribution in [0.5, 0.6) is 5.75 Å². The molecule has 0 radical (unpaired) electrons. The number of benzene rings is 1. The van der Waals surface area contributed by atoms with Gasteiger partial charge >= 0.3 is 0 Å². The standard InChI is InChI=1S/C13H19NO/c1-10-6-11(4-5-12(10)15-3)7-13(2)8-14-9-13/h4-6,14H,7-9H2,1-3H3. The molecule has 1 saturated heterocycles. The Hall–Kier alpha value is -1.02. The third kappa shape index (κ3) is 2.15. The summed E-state index contributed by atoms with van der Waals surface area (Å²) in [6, 6.07) is 6.48. The van der Waals surface area contributed by atoms with Crippen molar-refractivity contribution >= 4 is 0 Å². The molecule has 0 aliphatic carbocycles. The van der Waals surface area contributed by atoms with Gasteiger partial charge < -0.3 is 10.1 Å². The number of nitrogens with one attached hydrogen (secondary N) is 1. The van der Waals surface area contributed by atoms with Crippen LogP contribution in [0.25, 0.3) is 0 Å². The molecule has 0 bridgehead atoms. The Bertz CT molecular complexity index is 356. The molecule has 2 nitrogen and oxygen atoms in total. The second-order valence-electron chi connectivity index (χ2n) is 4.89. The van der Waals surface area contributed by atoms with Crippen LogP contribution in [0.1, 0.15) is 18.1 Å². The molecule has 82 valence electrons. The van der Waals surface area contributed by atoms with Gasteiger partial charge in [0, 0.05) is 13.1 Å². The van der Waals surface area contributed by atoms with Crippen molar-refractivity contribution in [3.05, 3.63) is 29.3 Å².